The molecule has 0 saturated heterocycles. The second-order valence-corrected chi connectivity index (χ2v) is 3.31. The maximum atomic E-state index is 10.3. The lowest BCUT2D eigenvalue weighted by Gasteiger charge is -2.18. The van der Waals surface area contributed by atoms with Gasteiger partial charge in [0.25, 0.3) is 0 Å². The third-order valence-electron chi connectivity index (χ3n) is 1.84. The van der Waals surface area contributed by atoms with Crippen LogP contribution in [0.5, 0.6) is 0 Å². The van der Waals surface area contributed by atoms with E-state index in [1.165, 1.54) is 0 Å². The zero-order chi connectivity index (χ0) is 9.56. The molecule has 1 unspecified atom stereocenters. The highest BCUT2D eigenvalue weighted by molar-refractivity contribution is 5.57. The molecule has 1 atom stereocenters. The van der Waals surface area contributed by atoms with Crippen LogP contribution in [0.1, 0.15) is 40.0 Å². The van der Waals surface area contributed by atoms with Crippen molar-refractivity contribution in [3.8, 4) is 0 Å². The first-order valence-corrected chi connectivity index (χ1v) is 4.47. The predicted molar refractivity (Wildman–Crippen MR) is 47.3 cm³/mol. The van der Waals surface area contributed by atoms with Crippen molar-refractivity contribution < 1.29 is 14.6 Å². The van der Waals surface area contributed by atoms with Gasteiger partial charge in [-0.1, -0.05) is 33.6 Å². The maximum Gasteiger partial charge on any atom is 0.506 e. The molecule has 3 nitrogen and oxygen atoms in total. The molecule has 0 aliphatic carbocycles. The van der Waals surface area contributed by atoms with Crippen LogP contribution in [-0.2, 0) is 4.74 Å². The zero-order valence-electron chi connectivity index (χ0n) is 8.04. The first-order chi connectivity index (χ1) is 5.57. The van der Waals surface area contributed by atoms with Gasteiger partial charge >= 0.3 is 6.16 Å². The van der Waals surface area contributed by atoms with E-state index in [2.05, 4.69) is 6.92 Å². The maximum absolute atomic E-state index is 10.3. The average molecular weight is 174 g/mol. The first kappa shape index (κ1) is 11.3. The van der Waals surface area contributed by atoms with Crippen molar-refractivity contribution in [1.29, 1.82) is 0 Å². The van der Waals surface area contributed by atoms with Crippen LogP contribution in [0.25, 0.3) is 0 Å². The minimum Gasteiger partial charge on any atom is -0.450 e. The second kappa shape index (κ2) is 5.86. The number of carboxylic acid groups (broad SMARTS) is 1. The van der Waals surface area contributed by atoms with Crippen LogP contribution in [0, 0.1) is 5.92 Å². The van der Waals surface area contributed by atoms with Gasteiger partial charge < -0.3 is 9.84 Å². The summed E-state index contributed by atoms with van der Waals surface area (Å²) in [6, 6.07) is 0. The van der Waals surface area contributed by atoms with Crippen molar-refractivity contribution in [3.05, 3.63) is 0 Å². The van der Waals surface area contributed by atoms with Gasteiger partial charge in [-0.25, -0.2) is 4.79 Å². The van der Waals surface area contributed by atoms with Gasteiger partial charge in [0, 0.05) is 0 Å². The van der Waals surface area contributed by atoms with E-state index in [9.17, 15) is 4.79 Å². The topological polar surface area (TPSA) is 46.5 Å². The lowest BCUT2D eigenvalue weighted by Crippen LogP contribution is -2.22. The number of hydrogen-bond acceptors (Lipinski definition) is 2. The number of ether oxygens (including phenoxy) is 1. The summed E-state index contributed by atoms with van der Waals surface area (Å²) < 4.78 is 4.73. The molecule has 0 heterocycles. The van der Waals surface area contributed by atoms with E-state index in [4.69, 9.17) is 9.84 Å². The Hall–Kier alpha value is -0.730. The van der Waals surface area contributed by atoms with E-state index in [0.29, 0.717) is 0 Å². The Balaban J connectivity index is 3.78. The van der Waals surface area contributed by atoms with Crippen LogP contribution in [0.4, 0.5) is 4.79 Å². The van der Waals surface area contributed by atoms with Gasteiger partial charge in [0.15, 0.2) is 0 Å². The average Bonchev–Trinajstić information content (AvgIpc) is 1.96. The summed E-state index contributed by atoms with van der Waals surface area (Å²) in [6.07, 6.45) is 1.63. The van der Waals surface area contributed by atoms with Crippen LogP contribution in [0.2, 0.25) is 0 Å². The summed E-state index contributed by atoms with van der Waals surface area (Å²) >= 11 is 0. The number of unbranched alkanes of at least 4 members (excludes halogenated alkanes) is 1. The van der Waals surface area contributed by atoms with Crippen molar-refractivity contribution >= 4 is 6.16 Å². The molecule has 0 spiro atoms. The van der Waals surface area contributed by atoms with Gasteiger partial charge in [-0.2, -0.15) is 0 Å². The predicted octanol–water partition coefficient (Wildman–Crippen LogP) is 2.90. The molecule has 0 aliphatic heterocycles. The fourth-order valence-electron chi connectivity index (χ4n) is 1.06. The monoisotopic (exact) mass is 174 g/mol. The lowest BCUT2D eigenvalue weighted by molar-refractivity contribution is 0.0268. The summed E-state index contributed by atoms with van der Waals surface area (Å²) in [5.41, 5.74) is 0. The highest BCUT2D eigenvalue weighted by Crippen LogP contribution is 2.14. The third kappa shape index (κ3) is 4.99. The SMILES string of the molecule is CCCCC(OC(=O)O)C(C)C. The normalized spacial score (nSPS) is 13.0. The molecule has 0 rings (SSSR count). The minimum atomic E-state index is -1.16. The van der Waals surface area contributed by atoms with Crippen molar-refractivity contribution in [2.45, 2.75) is 46.1 Å². The van der Waals surface area contributed by atoms with E-state index in [1.807, 2.05) is 13.8 Å². The molecular weight excluding hydrogens is 156 g/mol. The molecule has 0 amide bonds. The molecule has 0 aliphatic rings. The zero-order valence-corrected chi connectivity index (χ0v) is 8.04. The van der Waals surface area contributed by atoms with E-state index < -0.39 is 6.16 Å². The minimum absolute atomic E-state index is 0.137. The Labute approximate surface area is 73.7 Å². The van der Waals surface area contributed by atoms with Crippen molar-refractivity contribution in [2.75, 3.05) is 0 Å². The number of carbonyl (C=O) groups is 1. The van der Waals surface area contributed by atoms with Gasteiger partial charge in [0.05, 0.1) is 0 Å². The highest BCUT2D eigenvalue weighted by Gasteiger charge is 2.16. The van der Waals surface area contributed by atoms with Crippen molar-refractivity contribution in [1.82, 2.24) is 0 Å². The molecular formula is C9H18O3. The summed E-state index contributed by atoms with van der Waals surface area (Å²) in [5.74, 6) is 0.271. The number of hydrogen-bond donors (Lipinski definition) is 1. The fourth-order valence-corrected chi connectivity index (χ4v) is 1.06. The van der Waals surface area contributed by atoms with E-state index in [1.54, 1.807) is 0 Å². The Bertz CT molecular complexity index is 132. The third-order valence-corrected chi connectivity index (χ3v) is 1.84. The molecule has 0 radical (unpaired) electrons. The largest absolute Gasteiger partial charge is 0.506 e. The van der Waals surface area contributed by atoms with Gasteiger partial charge in [-0.3, -0.25) is 0 Å². The molecule has 0 bridgehead atoms. The Kier molecular flexibility index (Phi) is 5.51. The Morgan fingerprint density at radius 3 is 2.42 bits per heavy atom. The summed E-state index contributed by atoms with van der Waals surface area (Å²) in [6.45, 7) is 6.03. The first-order valence-electron chi connectivity index (χ1n) is 4.47. The molecule has 72 valence electrons. The molecule has 0 saturated carbocycles. The molecule has 0 aromatic rings. The Morgan fingerprint density at radius 1 is 1.50 bits per heavy atom. The van der Waals surface area contributed by atoms with Crippen molar-refractivity contribution in [3.63, 3.8) is 0 Å². The van der Waals surface area contributed by atoms with E-state index in [0.717, 1.165) is 19.3 Å². The van der Waals surface area contributed by atoms with Crippen LogP contribution in [0.3, 0.4) is 0 Å². The summed E-state index contributed by atoms with van der Waals surface area (Å²) in [7, 11) is 0. The van der Waals surface area contributed by atoms with Crippen LogP contribution >= 0.6 is 0 Å². The summed E-state index contributed by atoms with van der Waals surface area (Å²) in [5, 5.41) is 8.41. The summed E-state index contributed by atoms with van der Waals surface area (Å²) in [4.78, 5) is 10.3. The fraction of sp³-hybridized carbons (Fsp3) is 0.889. The Morgan fingerprint density at radius 2 is 2.08 bits per heavy atom. The quantitative estimate of drug-likeness (QED) is 0.652. The molecule has 0 fully saturated rings. The molecule has 0 aromatic carbocycles. The van der Waals surface area contributed by atoms with Crippen molar-refractivity contribution in [2.24, 2.45) is 5.92 Å². The van der Waals surface area contributed by atoms with Gasteiger partial charge in [-0.15, -0.1) is 0 Å². The van der Waals surface area contributed by atoms with E-state index >= 15 is 0 Å². The van der Waals surface area contributed by atoms with Gasteiger partial charge in [-0.05, 0) is 12.3 Å². The van der Waals surface area contributed by atoms with Gasteiger partial charge in [0.1, 0.15) is 6.10 Å². The van der Waals surface area contributed by atoms with Crippen LogP contribution < -0.4 is 0 Å². The van der Waals surface area contributed by atoms with Gasteiger partial charge in [0.2, 0.25) is 0 Å². The molecule has 3 heteroatoms. The standard InChI is InChI=1S/C9H18O3/c1-4-5-6-8(7(2)3)12-9(10)11/h7-8H,4-6H2,1-3H3,(H,10,11). The highest BCUT2D eigenvalue weighted by atomic mass is 16.7. The van der Waals surface area contributed by atoms with Crippen LogP contribution in [0.15, 0.2) is 0 Å². The second-order valence-electron chi connectivity index (χ2n) is 3.31. The molecule has 0 aromatic heterocycles. The smallest absolute Gasteiger partial charge is 0.450 e. The molecule has 12 heavy (non-hydrogen) atoms. The van der Waals surface area contributed by atoms with Crippen LogP contribution in [-0.4, -0.2) is 17.4 Å². The lowest BCUT2D eigenvalue weighted by atomic mass is 10.0. The number of rotatable bonds is 5. The molecule has 1 N–H and O–H groups in total. The van der Waals surface area contributed by atoms with E-state index in [-0.39, 0.29) is 12.0 Å².